The average Bonchev–Trinajstić information content (AvgIpc) is 3.19. The smallest absolute Gasteiger partial charge is 0.252 e. The fraction of sp³-hybridized carbons (Fsp3) is 0.650. The number of nitrogens with one attached hydrogen (secondary N) is 1. The zero-order valence-corrected chi connectivity index (χ0v) is 18.4. The molecule has 0 spiro atoms. The van der Waals surface area contributed by atoms with Gasteiger partial charge < -0.3 is 10.1 Å². The van der Waals surface area contributed by atoms with Crippen LogP contribution in [0.4, 0.5) is 4.39 Å². The molecule has 1 atom stereocenters. The number of nitrogens with zero attached hydrogens (tertiary/aromatic N) is 1. The maximum absolute atomic E-state index is 13.9. The largest absolute Gasteiger partial charge is 0.378 e. The van der Waals surface area contributed by atoms with Gasteiger partial charge in [0, 0.05) is 32.0 Å². The molecule has 0 saturated carbocycles. The van der Waals surface area contributed by atoms with Crippen molar-refractivity contribution in [1.29, 1.82) is 0 Å². The van der Waals surface area contributed by atoms with E-state index in [0.29, 0.717) is 6.54 Å². The first kappa shape index (κ1) is 22.2. The minimum atomic E-state index is -0.755. The van der Waals surface area contributed by atoms with Crippen molar-refractivity contribution in [3.05, 3.63) is 33.6 Å². The van der Waals surface area contributed by atoms with Gasteiger partial charge in [0.1, 0.15) is 0 Å². The van der Waals surface area contributed by atoms with E-state index in [-0.39, 0.29) is 33.0 Å². The Morgan fingerprint density at radius 2 is 2.14 bits per heavy atom. The van der Waals surface area contributed by atoms with Gasteiger partial charge in [-0.15, -0.1) is 0 Å². The molecule has 2 aliphatic heterocycles. The number of hydrogen-bond donors (Lipinski definition) is 1. The zero-order chi connectivity index (χ0) is 20.1. The molecular weight excluding hydrogens is 422 g/mol. The molecule has 4 nitrogen and oxygen atoms in total. The Bertz CT molecular complexity index is 693. The van der Waals surface area contributed by atoms with Gasteiger partial charge in [0.15, 0.2) is 5.82 Å². The van der Waals surface area contributed by atoms with Gasteiger partial charge in [0.25, 0.3) is 5.91 Å². The molecule has 3 rings (SSSR count). The summed E-state index contributed by atoms with van der Waals surface area (Å²) in [5.41, 5.74) is 0.113. The highest BCUT2D eigenvalue weighted by atomic mass is 35.5. The Morgan fingerprint density at radius 1 is 1.39 bits per heavy atom. The van der Waals surface area contributed by atoms with Crippen LogP contribution in [0, 0.1) is 11.2 Å². The molecule has 0 radical (unpaired) electrons. The monoisotopic (exact) mass is 448 g/mol. The lowest BCUT2D eigenvalue weighted by Gasteiger charge is -2.42. The maximum Gasteiger partial charge on any atom is 0.252 e. The number of rotatable bonds is 7. The van der Waals surface area contributed by atoms with Crippen LogP contribution in [-0.2, 0) is 4.74 Å². The van der Waals surface area contributed by atoms with E-state index in [1.54, 1.807) is 0 Å². The Kier molecular flexibility index (Phi) is 7.90. The Morgan fingerprint density at radius 3 is 2.79 bits per heavy atom. The van der Waals surface area contributed by atoms with Gasteiger partial charge in [-0.3, -0.25) is 9.10 Å². The van der Waals surface area contributed by atoms with Crippen molar-refractivity contribution in [3.8, 4) is 0 Å². The quantitative estimate of drug-likeness (QED) is 0.460. The van der Waals surface area contributed by atoms with Crippen LogP contribution in [0.3, 0.4) is 0 Å². The molecule has 0 aromatic heterocycles. The molecular formula is C20H27Cl2FN2O2S. The summed E-state index contributed by atoms with van der Waals surface area (Å²) in [6, 6.07) is 2.83. The summed E-state index contributed by atoms with van der Waals surface area (Å²) in [7, 11) is 0. The van der Waals surface area contributed by atoms with Gasteiger partial charge in [-0.1, -0.05) is 42.1 Å². The third-order valence-electron chi connectivity index (χ3n) is 5.68. The number of carbonyl (C=O) groups excluding carboxylic acids is 1. The van der Waals surface area contributed by atoms with Crippen molar-refractivity contribution < 1.29 is 13.9 Å². The summed E-state index contributed by atoms with van der Waals surface area (Å²) in [5.74, 6) is -0.0524. The second kappa shape index (κ2) is 9.98. The van der Waals surface area contributed by atoms with Crippen molar-refractivity contribution in [3.63, 3.8) is 0 Å². The van der Waals surface area contributed by atoms with E-state index in [1.807, 2.05) is 11.9 Å². The molecule has 1 N–H and O–H groups in total. The van der Waals surface area contributed by atoms with E-state index in [1.165, 1.54) is 12.1 Å². The number of piperidine rings is 1. The van der Waals surface area contributed by atoms with Crippen molar-refractivity contribution in [2.24, 2.45) is 5.41 Å². The Hall–Kier alpha value is -0.530. The van der Waals surface area contributed by atoms with E-state index < -0.39 is 5.82 Å². The van der Waals surface area contributed by atoms with Crippen molar-refractivity contribution >= 4 is 41.1 Å². The second-order valence-corrected chi connectivity index (χ2v) is 9.73. The topological polar surface area (TPSA) is 41.6 Å². The standard InChI is InChI=1S/C20H27Cl2FN2O2S/c1-2-28-25-9-7-20(8-10-25,12-14-4-3-11-27-14)13-24-19(26)15-5-6-16(21)18(23)17(15)22/h5-6,14H,2-4,7-13H2,1H3,(H,24,26). The van der Waals surface area contributed by atoms with Gasteiger partial charge in [-0.05, 0) is 49.7 Å². The number of halogens is 3. The molecule has 0 aliphatic carbocycles. The highest BCUT2D eigenvalue weighted by Crippen LogP contribution is 2.40. The fourth-order valence-electron chi connectivity index (χ4n) is 4.08. The molecule has 8 heteroatoms. The highest BCUT2D eigenvalue weighted by molar-refractivity contribution is 7.96. The van der Waals surface area contributed by atoms with Crippen LogP contribution in [0.15, 0.2) is 12.1 Å². The molecule has 2 fully saturated rings. The van der Waals surface area contributed by atoms with Crippen molar-refractivity contribution in [1.82, 2.24) is 9.62 Å². The van der Waals surface area contributed by atoms with E-state index in [0.717, 1.165) is 57.6 Å². The first-order valence-electron chi connectivity index (χ1n) is 9.85. The number of ether oxygens (including phenoxy) is 1. The van der Waals surface area contributed by atoms with Crippen LogP contribution in [0.25, 0.3) is 0 Å². The van der Waals surface area contributed by atoms with Crippen LogP contribution in [0.2, 0.25) is 10.0 Å². The molecule has 0 bridgehead atoms. The molecule has 1 aromatic rings. The molecule has 2 aliphatic rings. The lowest BCUT2D eigenvalue weighted by atomic mass is 9.74. The van der Waals surface area contributed by atoms with E-state index in [9.17, 15) is 9.18 Å². The molecule has 2 heterocycles. The van der Waals surface area contributed by atoms with E-state index in [4.69, 9.17) is 27.9 Å². The van der Waals surface area contributed by atoms with Gasteiger partial charge in [-0.25, -0.2) is 4.39 Å². The molecule has 28 heavy (non-hydrogen) atoms. The third kappa shape index (κ3) is 5.33. The predicted molar refractivity (Wildman–Crippen MR) is 114 cm³/mol. The zero-order valence-electron chi connectivity index (χ0n) is 16.1. The molecule has 1 aromatic carbocycles. The summed E-state index contributed by atoms with van der Waals surface area (Å²) in [4.78, 5) is 12.7. The maximum atomic E-state index is 13.9. The van der Waals surface area contributed by atoms with Crippen LogP contribution in [-0.4, -0.2) is 48.3 Å². The number of amides is 1. The number of hydrogen-bond acceptors (Lipinski definition) is 4. The van der Waals surface area contributed by atoms with Gasteiger partial charge in [-0.2, -0.15) is 0 Å². The first-order valence-corrected chi connectivity index (χ1v) is 11.5. The summed E-state index contributed by atoms with van der Waals surface area (Å²) in [6.45, 7) is 5.52. The summed E-state index contributed by atoms with van der Waals surface area (Å²) < 4.78 is 22.2. The van der Waals surface area contributed by atoms with Crippen molar-refractivity contribution in [2.75, 3.05) is 32.0 Å². The van der Waals surface area contributed by atoms with Crippen LogP contribution >= 0.6 is 35.1 Å². The lowest BCUT2D eigenvalue weighted by molar-refractivity contribution is 0.0372. The molecule has 156 valence electrons. The van der Waals surface area contributed by atoms with Gasteiger partial charge >= 0.3 is 0 Å². The SMILES string of the molecule is CCSN1CCC(CNC(=O)c2ccc(Cl)c(F)c2Cl)(CC2CCCO2)CC1. The number of carbonyl (C=O) groups is 1. The average molecular weight is 449 g/mol. The predicted octanol–water partition coefficient (Wildman–Crippen LogP) is 5.18. The van der Waals surface area contributed by atoms with Crippen LogP contribution in [0.1, 0.15) is 49.4 Å². The fourth-order valence-corrected chi connectivity index (χ4v) is 5.34. The highest BCUT2D eigenvalue weighted by Gasteiger charge is 2.38. The minimum Gasteiger partial charge on any atom is -0.378 e. The molecule has 2 saturated heterocycles. The van der Waals surface area contributed by atoms with Crippen LogP contribution in [0.5, 0.6) is 0 Å². The Balaban J connectivity index is 1.67. The van der Waals surface area contributed by atoms with Gasteiger partial charge in [0.2, 0.25) is 0 Å². The summed E-state index contributed by atoms with van der Waals surface area (Å²) in [6.07, 6.45) is 5.40. The normalized spacial score (nSPS) is 22.4. The van der Waals surface area contributed by atoms with Crippen LogP contribution < -0.4 is 5.32 Å². The molecule has 1 amide bonds. The first-order chi connectivity index (χ1) is 13.4. The third-order valence-corrected chi connectivity index (χ3v) is 7.33. The summed E-state index contributed by atoms with van der Waals surface area (Å²) in [5, 5.41) is 2.69. The van der Waals surface area contributed by atoms with E-state index >= 15 is 0 Å². The number of benzene rings is 1. The van der Waals surface area contributed by atoms with E-state index in [2.05, 4.69) is 16.5 Å². The Labute approximate surface area is 180 Å². The van der Waals surface area contributed by atoms with Crippen molar-refractivity contribution in [2.45, 2.75) is 45.1 Å². The molecule has 1 unspecified atom stereocenters. The lowest BCUT2D eigenvalue weighted by Crippen LogP contribution is -2.46. The van der Waals surface area contributed by atoms with Gasteiger partial charge in [0.05, 0.1) is 21.7 Å². The second-order valence-electron chi connectivity index (χ2n) is 7.59. The summed E-state index contributed by atoms with van der Waals surface area (Å²) >= 11 is 13.6. The minimum absolute atomic E-state index is 0.00703.